The Morgan fingerprint density at radius 3 is 2.70 bits per heavy atom. The van der Waals surface area contributed by atoms with Crippen molar-refractivity contribution in [2.45, 2.75) is 33.0 Å². The van der Waals surface area contributed by atoms with Crippen LogP contribution in [-0.2, 0) is 11.3 Å². The molecule has 2 atom stereocenters. The molecule has 0 bridgehead atoms. The minimum atomic E-state index is -0.429. The first-order valence-corrected chi connectivity index (χ1v) is 7.20. The lowest BCUT2D eigenvalue weighted by Gasteiger charge is -2.17. The van der Waals surface area contributed by atoms with Gasteiger partial charge in [-0.05, 0) is 17.9 Å². The first-order valence-electron chi connectivity index (χ1n) is 7.20. The van der Waals surface area contributed by atoms with Crippen molar-refractivity contribution in [3.05, 3.63) is 35.9 Å². The van der Waals surface area contributed by atoms with Crippen LogP contribution in [0.25, 0.3) is 0 Å². The number of benzene rings is 1. The fourth-order valence-electron chi connectivity index (χ4n) is 2.65. The number of likely N-dealkylation sites (tertiary alicyclic amines) is 1. The quantitative estimate of drug-likeness (QED) is 0.920. The third kappa shape index (κ3) is 3.97. The summed E-state index contributed by atoms with van der Waals surface area (Å²) in [6.07, 6.45) is 0.171. The van der Waals surface area contributed by atoms with Gasteiger partial charge in [-0.25, -0.2) is 4.79 Å². The van der Waals surface area contributed by atoms with E-state index in [9.17, 15) is 9.90 Å². The second kappa shape index (κ2) is 6.75. The third-order valence-electron chi connectivity index (χ3n) is 3.64. The van der Waals surface area contributed by atoms with Gasteiger partial charge in [0.05, 0.1) is 12.6 Å². The van der Waals surface area contributed by atoms with Crippen LogP contribution >= 0.6 is 0 Å². The van der Waals surface area contributed by atoms with Gasteiger partial charge in [0, 0.05) is 12.5 Å². The predicted octanol–water partition coefficient (Wildman–Crippen LogP) is 2.66. The maximum absolute atomic E-state index is 12.0. The van der Waals surface area contributed by atoms with E-state index in [-0.39, 0.29) is 18.6 Å². The van der Waals surface area contributed by atoms with Crippen LogP contribution in [0.5, 0.6) is 0 Å². The summed E-state index contributed by atoms with van der Waals surface area (Å²) in [4.78, 5) is 13.6. The number of amides is 1. The number of hydrogen-bond acceptors (Lipinski definition) is 3. The number of aliphatic hydroxyl groups excluding tert-OH is 1. The summed E-state index contributed by atoms with van der Waals surface area (Å²) in [5, 5.41) is 9.99. The van der Waals surface area contributed by atoms with E-state index in [1.54, 1.807) is 4.90 Å². The molecule has 0 aliphatic carbocycles. The summed E-state index contributed by atoms with van der Waals surface area (Å²) in [5.74, 6) is 0.689. The van der Waals surface area contributed by atoms with Crippen LogP contribution in [0.3, 0.4) is 0 Å². The maximum atomic E-state index is 12.0. The number of β-amino-alcohol motifs (C(OH)–C–C–N with tert-alkyl or cyclic N) is 1. The lowest BCUT2D eigenvalue weighted by Crippen LogP contribution is -2.30. The predicted molar refractivity (Wildman–Crippen MR) is 77.2 cm³/mol. The highest BCUT2D eigenvalue weighted by atomic mass is 16.6. The molecular weight excluding hydrogens is 254 g/mol. The van der Waals surface area contributed by atoms with E-state index in [0.717, 1.165) is 12.0 Å². The molecule has 1 amide bonds. The van der Waals surface area contributed by atoms with Crippen molar-refractivity contribution in [3.63, 3.8) is 0 Å². The first kappa shape index (κ1) is 14.9. The van der Waals surface area contributed by atoms with Crippen LogP contribution in [0.15, 0.2) is 30.3 Å². The molecule has 0 saturated carbocycles. The van der Waals surface area contributed by atoms with Gasteiger partial charge in [-0.2, -0.15) is 0 Å². The fourth-order valence-corrected chi connectivity index (χ4v) is 2.65. The topological polar surface area (TPSA) is 49.8 Å². The van der Waals surface area contributed by atoms with Crippen molar-refractivity contribution in [1.82, 2.24) is 4.90 Å². The molecule has 1 N–H and O–H groups in total. The largest absolute Gasteiger partial charge is 0.445 e. The number of aliphatic hydroxyl groups is 1. The average molecular weight is 277 g/mol. The minimum absolute atomic E-state index is 0.166. The molecule has 1 aliphatic heterocycles. The van der Waals surface area contributed by atoms with Crippen molar-refractivity contribution in [3.8, 4) is 0 Å². The molecule has 1 aliphatic rings. The van der Waals surface area contributed by atoms with Gasteiger partial charge in [0.1, 0.15) is 6.61 Å². The van der Waals surface area contributed by atoms with Crippen molar-refractivity contribution in [1.29, 1.82) is 0 Å². The second-order valence-electron chi connectivity index (χ2n) is 5.90. The summed E-state index contributed by atoms with van der Waals surface area (Å²) < 4.78 is 5.29. The Morgan fingerprint density at radius 2 is 2.05 bits per heavy atom. The molecule has 1 aromatic carbocycles. The van der Waals surface area contributed by atoms with Crippen molar-refractivity contribution >= 4 is 6.09 Å². The molecular formula is C16H23NO3. The normalized spacial score (nSPS) is 22.3. The van der Waals surface area contributed by atoms with Gasteiger partial charge in [-0.15, -0.1) is 0 Å². The van der Waals surface area contributed by atoms with Gasteiger partial charge in [0.2, 0.25) is 0 Å². The number of ether oxygens (including phenoxy) is 1. The molecule has 1 fully saturated rings. The zero-order valence-electron chi connectivity index (χ0n) is 12.2. The Bertz CT molecular complexity index is 433. The van der Waals surface area contributed by atoms with Crippen LogP contribution in [0.4, 0.5) is 4.79 Å². The SMILES string of the molecule is CC(C)CC1CN(C(=O)OCc2ccccc2)CC1O. The van der Waals surface area contributed by atoms with Crippen LogP contribution in [0.1, 0.15) is 25.8 Å². The number of hydrogen-bond donors (Lipinski definition) is 1. The van der Waals surface area contributed by atoms with Crippen LogP contribution in [0, 0.1) is 11.8 Å². The third-order valence-corrected chi connectivity index (χ3v) is 3.64. The number of carbonyl (C=O) groups is 1. The standard InChI is InChI=1S/C16H23NO3/c1-12(2)8-14-9-17(10-15(14)18)16(19)20-11-13-6-4-3-5-7-13/h3-7,12,14-15,18H,8-11H2,1-2H3. The molecule has 1 saturated heterocycles. The van der Waals surface area contributed by atoms with Crippen molar-refractivity contribution in [2.24, 2.45) is 11.8 Å². The maximum Gasteiger partial charge on any atom is 0.410 e. The van der Waals surface area contributed by atoms with E-state index in [0.29, 0.717) is 19.0 Å². The molecule has 0 spiro atoms. The fraction of sp³-hybridized carbons (Fsp3) is 0.562. The van der Waals surface area contributed by atoms with Gasteiger partial charge in [-0.1, -0.05) is 44.2 Å². The summed E-state index contributed by atoms with van der Waals surface area (Å²) in [7, 11) is 0. The molecule has 4 heteroatoms. The highest BCUT2D eigenvalue weighted by Gasteiger charge is 2.34. The summed E-state index contributed by atoms with van der Waals surface area (Å²) in [6, 6.07) is 9.61. The van der Waals surface area contributed by atoms with E-state index < -0.39 is 6.10 Å². The summed E-state index contributed by atoms with van der Waals surface area (Å²) in [6.45, 7) is 5.51. The number of nitrogens with zero attached hydrogens (tertiary/aromatic N) is 1. The molecule has 0 radical (unpaired) electrons. The monoisotopic (exact) mass is 277 g/mol. The van der Waals surface area contributed by atoms with Crippen molar-refractivity contribution in [2.75, 3.05) is 13.1 Å². The van der Waals surface area contributed by atoms with E-state index in [2.05, 4.69) is 13.8 Å². The Kier molecular flexibility index (Phi) is 5.01. The zero-order chi connectivity index (χ0) is 14.5. The summed E-state index contributed by atoms with van der Waals surface area (Å²) in [5.41, 5.74) is 0.972. The molecule has 110 valence electrons. The lowest BCUT2D eigenvalue weighted by molar-refractivity contribution is 0.0965. The Morgan fingerprint density at radius 1 is 1.35 bits per heavy atom. The molecule has 2 rings (SSSR count). The van der Waals surface area contributed by atoms with Gasteiger partial charge >= 0.3 is 6.09 Å². The molecule has 0 aromatic heterocycles. The molecule has 1 heterocycles. The van der Waals surface area contributed by atoms with E-state index in [4.69, 9.17) is 4.74 Å². The van der Waals surface area contributed by atoms with Gasteiger partial charge in [0.15, 0.2) is 0 Å². The molecule has 20 heavy (non-hydrogen) atoms. The second-order valence-corrected chi connectivity index (χ2v) is 5.90. The first-order chi connectivity index (χ1) is 9.56. The zero-order valence-corrected chi connectivity index (χ0v) is 12.2. The van der Waals surface area contributed by atoms with Gasteiger partial charge in [-0.3, -0.25) is 0 Å². The van der Waals surface area contributed by atoms with Crippen LogP contribution in [-0.4, -0.2) is 35.3 Å². The van der Waals surface area contributed by atoms with E-state index >= 15 is 0 Å². The minimum Gasteiger partial charge on any atom is -0.445 e. The number of rotatable bonds is 4. The smallest absolute Gasteiger partial charge is 0.410 e. The lowest BCUT2D eigenvalue weighted by atomic mass is 9.95. The Labute approximate surface area is 120 Å². The average Bonchev–Trinajstić information content (AvgIpc) is 2.78. The Hall–Kier alpha value is -1.55. The Balaban J connectivity index is 1.82. The van der Waals surface area contributed by atoms with E-state index in [1.807, 2.05) is 30.3 Å². The van der Waals surface area contributed by atoms with Gasteiger partial charge in [0.25, 0.3) is 0 Å². The highest BCUT2D eigenvalue weighted by Crippen LogP contribution is 2.24. The van der Waals surface area contributed by atoms with Crippen LogP contribution < -0.4 is 0 Å². The molecule has 1 aromatic rings. The summed E-state index contributed by atoms with van der Waals surface area (Å²) >= 11 is 0. The number of carbonyl (C=O) groups excluding carboxylic acids is 1. The molecule has 2 unspecified atom stereocenters. The van der Waals surface area contributed by atoms with Gasteiger partial charge < -0.3 is 14.7 Å². The van der Waals surface area contributed by atoms with E-state index in [1.165, 1.54) is 0 Å². The highest BCUT2D eigenvalue weighted by molar-refractivity contribution is 5.68. The van der Waals surface area contributed by atoms with Crippen LogP contribution in [0.2, 0.25) is 0 Å². The van der Waals surface area contributed by atoms with Crippen molar-refractivity contribution < 1.29 is 14.6 Å². The molecule has 4 nitrogen and oxygen atoms in total.